The molecule has 0 unspecified atom stereocenters. The number of hydrogen-bond donors (Lipinski definition) is 0. The summed E-state index contributed by atoms with van der Waals surface area (Å²) in [5, 5.41) is 0.526. The van der Waals surface area contributed by atoms with Crippen molar-refractivity contribution < 1.29 is 9.59 Å². The molecule has 3 aliphatic carbocycles. The summed E-state index contributed by atoms with van der Waals surface area (Å²) in [6, 6.07) is 21.2. The molecule has 0 saturated carbocycles. The van der Waals surface area contributed by atoms with Crippen LogP contribution in [0.5, 0.6) is 0 Å². The Morgan fingerprint density at radius 2 is 1.40 bits per heavy atom. The van der Waals surface area contributed by atoms with E-state index >= 15 is 0 Å². The van der Waals surface area contributed by atoms with Crippen LogP contribution in [0.15, 0.2) is 66.7 Å². The minimum atomic E-state index is -0.772. The van der Waals surface area contributed by atoms with Gasteiger partial charge in [-0.3, -0.25) is 9.59 Å². The molecule has 1 heterocycles. The summed E-state index contributed by atoms with van der Waals surface area (Å²) in [7, 11) is 0. The van der Waals surface area contributed by atoms with Crippen LogP contribution in [-0.4, -0.2) is 11.8 Å². The van der Waals surface area contributed by atoms with Gasteiger partial charge < -0.3 is 0 Å². The van der Waals surface area contributed by atoms with Gasteiger partial charge in [-0.1, -0.05) is 93.7 Å². The molecule has 0 aromatic heterocycles. The quantitative estimate of drug-likeness (QED) is 0.309. The highest BCUT2D eigenvalue weighted by molar-refractivity contribution is 9.09. The predicted octanol–water partition coefficient (Wildman–Crippen LogP) is 5.90. The van der Waals surface area contributed by atoms with E-state index in [4.69, 9.17) is 23.2 Å². The van der Waals surface area contributed by atoms with Crippen LogP contribution in [0, 0.1) is 11.8 Å². The number of nitrogens with zero attached hydrogens (tertiary/aromatic N) is 1. The fourth-order valence-electron chi connectivity index (χ4n) is 5.58. The predicted molar refractivity (Wildman–Crippen MR) is 120 cm³/mol. The molecule has 0 radical (unpaired) electrons. The third-order valence-corrected chi connectivity index (χ3v) is 8.84. The van der Waals surface area contributed by atoms with Crippen molar-refractivity contribution in [2.45, 2.75) is 10.2 Å². The highest BCUT2D eigenvalue weighted by Gasteiger charge is 2.67. The zero-order valence-corrected chi connectivity index (χ0v) is 18.6. The van der Waals surface area contributed by atoms with E-state index in [0.717, 1.165) is 22.3 Å². The average Bonchev–Trinajstić information content (AvgIpc) is 3.02. The molecule has 3 aromatic carbocycles. The first-order valence-corrected chi connectivity index (χ1v) is 11.2. The fourth-order valence-corrected chi connectivity index (χ4v) is 7.16. The van der Waals surface area contributed by atoms with E-state index in [1.807, 2.05) is 24.3 Å². The number of amides is 2. The van der Waals surface area contributed by atoms with Gasteiger partial charge in [-0.15, -0.1) is 0 Å². The van der Waals surface area contributed by atoms with Crippen molar-refractivity contribution in [3.8, 4) is 0 Å². The van der Waals surface area contributed by atoms with Crippen LogP contribution in [0.3, 0.4) is 0 Å². The van der Waals surface area contributed by atoms with E-state index < -0.39 is 16.2 Å². The van der Waals surface area contributed by atoms with Gasteiger partial charge in [-0.2, -0.15) is 0 Å². The number of anilines is 1. The molecule has 4 aliphatic rings. The van der Waals surface area contributed by atoms with E-state index in [9.17, 15) is 9.59 Å². The Kier molecular flexibility index (Phi) is 3.84. The van der Waals surface area contributed by atoms with E-state index in [2.05, 4.69) is 40.2 Å². The number of imide groups is 1. The van der Waals surface area contributed by atoms with Gasteiger partial charge in [0, 0.05) is 5.92 Å². The molecule has 1 fully saturated rings. The number of hydrogen-bond acceptors (Lipinski definition) is 2. The summed E-state index contributed by atoms with van der Waals surface area (Å²) >= 11 is 16.6. The molecule has 148 valence electrons. The number of benzene rings is 3. The number of carbonyl (C=O) groups is 2. The Balaban J connectivity index is 1.63. The Labute approximate surface area is 191 Å². The number of alkyl halides is 1. The first-order valence-electron chi connectivity index (χ1n) is 9.65. The van der Waals surface area contributed by atoms with Crippen molar-refractivity contribution in [2.75, 3.05) is 4.90 Å². The molecule has 6 heteroatoms. The lowest BCUT2D eigenvalue weighted by molar-refractivity contribution is -0.122. The van der Waals surface area contributed by atoms with Crippen LogP contribution in [0.4, 0.5) is 5.69 Å². The van der Waals surface area contributed by atoms with Gasteiger partial charge in [0.1, 0.15) is 0 Å². The lowest BCUT2D eigenvalue weighted by atomic mass is 9.55. The first kappa shape index (κ1) is 18.6. The van der Waals surface area contributed by atoms with Crippen molar-refractivity contribution in [2.24, 2.45) is 11.8 Å². The van der Waals surface area contributed by atoms with Crippen molar-refractivity contribution in [1.29, 1.82) is 0 Å². The monoisotopic (exact) mass is 497 g/mol. The first-order chi connectivity index (χ1) is 14.5. The Morgan fingerprint density at radius 1 is 0.800 bits per heavy atom. The second kappa shape index (κ2) is 6.19. The molecule has 2 amide bonds. The molecule has 2 bridgehead atoms. The van der Waals surface area contributed by atoms with E-state index in [0.29, 0.717) is 10.7 Å². The molecule has 7 rings (SSSR count). The molecule has 3 nitrogen and oxygen atoms in total. The van der Waals surface area contributed by atoms with Crippen molar-refractivity contribution in [1.82, 2.24) is 0 Å². The molecular formula is C24H14BrCl2NO2. The largest absolute Gasteiger partial charge is 0.274 e. The lowest BCUT2D eigenvalue weighted by Crippen LogP contribution is -2.50. The molecule has 2 atom stereocenters. The molecule has 3 aromatic rings. The molecule has 1 saturated heterocycles. The van der Waals surface area contributed by atoms with E-state index in [-0.39, 0.29) is 22.8 Å². The zero-order chi connectivity index (χ0) is 20.8. The van der Waals surface area contributed by atoms with Crippen molar-refractivity contribution >= 4 is 56.6 Å². The van der Waals surface area contributed by atoms with Gasteiger partial charge in [-0.05, 0) is 34.4 Å². The van der Waals surface area contributed by atoms with Crippen LogP contribution in [-0.2, 0) is 13.9 Å². The summed E-state index contributed by atoms with van der Waals surface area (Å²) < 4.78 is -0.772. The van der Waals surface area contributed by atoms with Gasteiger partial charge in [0.25, 0.3) is 0 Å². The Morgan fingerprint density at radius 3 is 2.03 bits per heavy atom. The normalized spacial score (nSPS) is 28.4. The fraction of sp³-hybridized carbons (Fsp3) is 0.167. The number of halogens is 3. The van der Waals surface area contributed by atoms with Gasteiger partial charge >= 0.3 is 0 Å². The number of carbonyl (C=O) groups excluding carboxylic acids is 2. The maximum Gasteiger partial charge on any atom is 0.239 e. The van der Waals surface area contributed by atoms with Crippen molar-refractivity contribution in [3.05, 3.63) is 99.0 Å². The second-order valence-electron chi connectivity index (χ2n) is 7.95. The van der Waals surface area contributed by atoms with Crippen LogP contribution in [0.25, 0.3) is 0 Å². The van der Waals surface area contributed by atoms with Gasteiger partial charge in [0.15, 0.2) is 0 Å². The molecular weight excluding hydrogens is 485 g/mol. The topological polar surface area (TPSA) is 37.4 Å². The van der Waals surface area contributed by atoms with E-state index in [1.165, 1.54) is 4.90 Å². The van der Waals surface area contributed by atoms with Crippen LogP contribution < -0.4 is 4.90 Å². The standard InChI is InChI=1S/C24H14BrCl2NO2/c25-24-14-8-3-1-6-12(14)18(13-7-2-4-9-15(13)24)19-20(24)23(30)28(22(19)29)17-11-5-10-16(26)21(17)27/h1-11,18-20H/t18?,19-,20+,24?/m0/s1. The maximum atomic E-state index is 13.8. The summed E-state index contributed by atoms with van der Waals surface area (Å²) in [6.07, 6.45) is 0. The number of rotatable bonds is 1. The van der Waals surface area contributed by atoms with Gasteiger partial charge in [0.2, 0.25) is 11.8 Å². The lowest BCUT2D eigenvalue weighted by Gasteiger charge is -2.51. The average molecular weight is 499 g/mol. The summed E-state index contributed by atoms with van der Waals surface area (Å²) in [6.45, 7) is 0. The SMILES string of the molecule is O=C1[C@H]2C3c4ccccc4C(Br)(c4ccccc43)[C@H]2C(=O)N1c1cccc(Cl)c1Cl. The summed E-state index contributed by atoms with van der Waals surface area (Å²) in [5.41, 5.74) is 4.63. The minimum Gasteiger partial charge on any atom is -0.274 e. The van der Waals surface area contributed by atoms with Gasteiger partial charge in [0.05, 0.1) is 31.9 Å². The van der Waals surface area contributed by atoms with E-state index in [1.54, 1.807) is 18.2 Å². The molecule has 30 heavy (non-hydrogen) atoms. The van der Waals surface area contributed by atoms with Crippen LogP contribution >= 0.6 is 39.1 Å². The molecule has 0 spiro atoms. The van der Waals surface area contributed by atoms with Crippen molar-refractivity contribution in [3.63, 3.8) is 0 Å². The third kappa shape index (κ3) is 2.07. The smallest absolute Gasteiger partial charge is 0.239 e. The third-order valence-electron chi connectivity index (χ3n) is 6.69. The highest BCUT2D eigenvalue weighted by Crippen LogP contribution is 2.66. The minimum absolute atomic E-state index is 0.179. The Hall–Kier alpha value is -2.14. The highest BCUT2D eigenvalue weighted by atomic mass is 79.9. The molecule has 1 aliphatic heterocycles. The van der Waals surface area contributed by atoms with Crippen LogP contribution in [0.1, 0.15) is 28.2 Å². The maximum absolute atomic E-state index is 13.8. The molecule has 0 N–H and O–H groups in total. The summed E-state index contributed by atoms with van der Waals surface area (Å²) in [5.74, 6) is -1.72. The van der Waals surface area contributed by atoms with Crippen LogP contribution in [0.2, 0.25) is 10.0 Å². The Bertz CT molecular complexity index is 1230. The zero-order valence-electron chi connectivity index (χ0n) is 15.5. The summed E-state index contributed by atoms with van der Waals surface area (Å²) in [4.78, 5) is 28.8. The van der Waals surface area contributed by atoms with Gasteiger partial charge in [-0.25, -0.2) is 4.90 Å². The second-order valence-corrected chi connectivity index (χ2v) is 9.99.